The second-order valence-corrected chi connectivity index (χ2v) is 7.08. The standard InChI is InChI=1S/C13H14N2O2S2/c1-7-2-3-8(18-7)6-14-13-15-11-9(12(16)17)4-5-10(11)19-13/h2-3,9H,4-6H2,1H3,(H,14,15)(H,16,17). The molecule has 2 heterocycles. The Hall–Kier alpha value is -1.40. The lowest BCUT2D eigenvalue weighted by atomic mass is 10.1. The van der Waals surface area contributed by atoms with Crippen LogP contribution in [0.25, 0.3) is 0 Å². The molecule has 2 aromatic rings. The number of carboxylic acids is 1. The molecule has 0 aromatic carbocycles. The number of carboxylic acid groups (broad SMARTS) is 1. The third kappa shape index (κ3) is 2.50. The Kier molecular flexibility index (Phi) is 3.28. The molecule has 0 saturated carbocycles. The van der Waals surface area contributed by atoms with Gasteiger partial charge in [-0.3, -0.25) is 4.79 Å². The first-order chi connectivity index (χ1) is 9.13. The van der Waals surface area contributed by atoms with Crippen molar-refractivity contribution < 1.29 is 9.90 Å². The van der Waals surface area contributed by atoms with Crippen molar-refractivity contribution in [3.63, 3.8) is 0 Å². The zero-order valence-electron chi connectivity index (χ0n) is 10.5. The summed E-state index contributed by atoms with van der Waals surface area (Å²) in [5, 5.41) is 13.2. The quantitative estimate of drug-likeness (QED) is 0.908. The van der Waals surface area contributed by atoms with Crippen LogP contribution < -0.4 is 5.32 Å². The van der Waals surface area contributed by atoms with E-state index in [1.165, 1.54) is 9.75 Å². The lowest BCUT2D eigenvalue weighted by Crippen LogP contribution is -2.08. The summed E-state index contributed by atoms with van der Waals surface area (Å²) in [5.41, 5.74) is 0.766. The molecule has 0 bridgehead atoms. The molecule has 0 saturated heterocycles. The molecule has 2 N–H and O–H groups in total. The number of aromatic nitrogens is 1. The maximum absolute atomic E-state index is 11.1. The summed E-state index contributed by atoms with van der Waals surface area (Å²) in [7, 11) is 0. The van der Waals surface area contributed by atoms with Gasteiger partial charge in [0, 0.05) is 14.6 Å². The number of nitrogens with zero attached hydrogens (tertiary/aromatic N) is 1. The molecule has 1 unspecified atom stereocenters. The summed E-state index contributed by atoms with van der Waals surface area (Å²) >= 11 is 3.35. The number of thiazole rings is 1. The fraction of sp³-hybridized carbons (Fsp3) is 0.385. The number of hydrogen-bond acceptors (Lipinski definition) is 5. The molecule has 1 atom stereocenters. The van der Waals surface area contributed by atoms with Crippen molar-refractivity contribution in [1.29, 1.82) is 0 Å². The third-order valence-corrected chi connectivity index (χ3v) is 5.31. The molecule has 3 rings (SSSR count). The second kappa shape index (κ2) is 4.94. The Bertz CT molecular complexity index is 618. The van der Waals surface area contributed by atoms with Crippen LogP contribution in [0.15, 0.2) is 12.1 Å². The van der Waals surface area contributed by atoms with E-state index in [1.54, 1.807) is 22.7 Å². The molecule has 0 fully saturated rings. The first-order valence-corrected chi connectivity index (χ1v) is 7.78. The van der Waals surface area contributed by atoms with E-state index in [-0.39, 0.29) is 0 Å². The lowest BCUT2D eigenvalue weighted by molar-refractivity contribution is -0.138. The van der Waals surface area contributed by atoms with Gasteiger partial charge in [0.15, 0.2) is 5.13 Å². The average molecular weight is 294 g/mol. The Morgan fingerprint density at radius 1 is 1.53 bits per heavy atom. The van der Waals surface area contributed by atoms with Crippen molar-refractivity contribution in [2.75, 3.05) is 5.32 Å². The van der Waals surface area contributed by atoms with Crippen LogP contribution in [0.5, 0.6) is 0 Å². The van der Waals surface area contributed by atoms with Crippen LogP contribution in [-0.4, -0.2) is 16.1 Å². The van der Waals surface area contributed by atoms with Crippen molar-refractivity contribution in [2.45, 2.75) is 32.2 Å². The summed E-state index contributed by atoms with van der Waals surface area (Å²) in [6.45, 7) is 2.84. The largest absolute Gasteiger partial charge is 0.481 e. The third-order valence-electron chi connectivity index (χ3n) is 3.23. The highest BCUT2D eigenvalue weighted by molar-refractivity contribution is 7.15. The van der Waals surface area contributed by atoms with Gasteiger partial charge in [0.2, 0.25) is 0 Å². The summed E-state index contributed by atoms with van der Waals surface area (Å²) in [6, 6.07) is 4.21. The normalized spacial score (nSPS) is 17.4. The number of fused-ring (bicyclic) bond motifs is 1. The molecule has 100 valence electrons. The number of hydrogen-bond donors (Lipinski definition) is 2. The summed E-state index contributed by atoms with van der Waals surface area (Å²) < 4.78 is 0. The van der Waals surface area contributed by atoms with Gasteiger partial charge in [-0.1, -0.05) is 0 Å². The molecule has 0 aliphatic heterocycles. The first kappa shape index (κ1) is 12.6. The lowest BCUT2D eigenvalue weighted by Gasteiger charge is -2.02. The molecule has 4 nitrogen and oxygen atoms in total. The van der Waals surface area contributed by atoms with Gasteiger partial charge in [-0.2, -0.15) is 0 Å². The van der Waals surface area contributed by atoms with E-state index < -0.39 is 11.9 Å². The molecular weight excluding hydrogens is 280 g/mol. The second-order valence-electron chi connectivity index (χ2n) is 4.62. The van der Waals surface area contributed by atoms with E-state index >= 15 is 0 Å². The van der Waals surface area contributed by atoms with E-state index in [2.05, 4.69) is 29.4 Å². The zero-order valence-corrected chi connectivity index (χ0v) is 12.1. The van der Waals surface area contributed by atoms with Gasteiger partial charge in [-0.15, -0.1) is 22.7 Å². The maximum Gasteiger partial charge on any atom is 0.312 e. The average Bonchev–Trinajstić information content (AvgIpc) is 3.00. The van der Waals surface area contributed by atoms with E-state index in [4.69, 9.17) is 5.11 Å². The SMILES string of the molecule is Cc1ccc(CNc2nc3c(s2)CCC3C(=O)O)s1. The highest BCUT2D eigenvalue weighted by Gasteiger charge is 2.32. The summed E-state index contributed by atoms with van der Waals surface area (Å²) in [4.78, 5) is 19.2. The van der Waals surface area contributed by atoms with Gasteiger partial charge in [0.1, 0.15) is 5.92 Å². The molecule has 0 spiro atoms. The van der Waals surface area contributed by atoms with Crippen molar-refractivity contribution in [3.05, 3.63) is 32.5 Å². The van der Waals surface area contributed by atoms with Crippen LogP contribution >= 0.6 is 22.7 Å². The molecule has 1 aliphatic carbocycles. The molecular formula is C13H14N2O2S2. The van der Waals surface area contributed by atoms with Gasteiger partial charge >= 0.3 is 5.97 Å². The van der Waals surface area contributed by atoms with Crippen LogP contribution in [0.3, 0.4) is 0 Å². The van der Waals surface area contributed by atoms with Gasteiger partial charge < -0.3 is 10.4 Å². The molecule has 2 aromatic heterocycles. The summed E-state index contributed by atoms with van der Waals surface area (Å²) in [5.74, 6) is -1.17. The van der Waals surface area contributed by atoms with Crippen molar-refractivity contribution in [1.82, 2.24) is 4.98 Å². The minimum absolute atomic E-state index is 0.411. The van der Waals surface area contributed by atoms with Crippen molar-refractivity contribution >= 4 is 33.8 Å². The number of nitrogens with one attached hydrogen (secondary N) is 1. The Morgan fingerprint density at radius 3 is 3.05 bits per heavy atom. The molecule has 1 aliphatic rings. The number of carbonyl (C=O) groups is 1. The minimum Gasteiger partial charge on any atom is -0.481 e. The van der Waals surface area contributed by atoms with Crippen molar-refractivity contribution in [2.24, 2.45) is 0 Å². The van der Waals surface area contributed by atoms with Gasteiger partial charge in [-0.05, 0) is 31.9 Å². The van der Waals surface area contributed by atoms with Crippen molar-refractivity contribution in [3.8, 4) is 0 Å². The monoisotopic (exact) mass is 294 g/mol. The number of anilines is 1. The van der Waals surface area contributed by atoms with Gasteiger partial charge in [0.25, 0.3) is 0 Å². The molecule has 0 amide bonds. The topological polar surface area (TPSA) is 62.2 Å². The smallest absolute Gasteiger partial charge is 0.312 e. The van der Waals surface area contributed by atoms with Gasteiger partial charge in [-0.25, -0.2) is 4.98 Å². The summed E-state index contributed by atoms with van der Waals surface area (Å²) in [6.07, 6.45) is 1.53. The Morgan fingerprint density at radius 2 is 2.37 bits per heavy atom. The number of aliphatic carboxylic acids is 1. The number of aryl methyl sites for hydroxylation is 2. The van der Waals surface area contributed by atoms with Crippen LogP contribution in [0.4, 0.5) is 5.13 Å². The van der Waals surface area contributed by atoms with Crippen LogP contribution in [0.2, 0.25) is 0 Å². The van der Waals surface area contributed by atoms with E-state index in [1.807, 2.05) is 0 Å². The first-order valence-electron chi connectivity index (χ1n) is 6.15. The molecule has 19 heavy (non-hydrogen) atoms. The number of rotatable bonds is 4. The van der Waals surface area contributed by atoms with Crippen LogP contribution in [-0.2, 0) is 17.8 Å². The fourth-order valence-corrected chi connectivity index (χ4v) is 4.15. The Balaban J connectivity index is 1.70. The fourth-order valence-electron chi connectivity index (χ4n) is 2.29. The minimum atomic E-state index is -0.760. The molecule has 0 radical (unpaired) electrons. The van der Waals surface area contributed by atoms with Gasteiger partial charge in [0.05, 0.1) is 12.2 Å². The predicted molar refractivity (Wildman–Crippen MR) is 77.2 cm³/mol. The van der Waals surface area contributed by atoms with Crippen LogP contribution in [0.1, 0.15) is 32.7 Å². The number of thiophene rings is 1. The van der Waals surface area contributed by atoms with E-state index in [9.17, 15) is 4.79 Å². The van der Waals surface area contributed by atoms with E-state index in [0.717, 1.165) is 28.7 Å². The maximum atomic E-state index is 11.1. The highest BCUT2D eigenvalue weighted by Crippen LogP contribution is 2.38. The van der Waals surface area contributed by atoms with Crippen LogP contribution in [0, 0.1) is 6.92 Å². The van der Waals surface area contributed by atoms with E-state index in [0.29, 0.717) is 6.42 Å². The molecule has 6 heteroatoms. The highest BCUT2D eigenvalue weighted by atomic mass is 32.1. The Labute approximate surface area is 119 Å². The predicted octanol–water partition coefficient (Wildman–Crippen LogP) is 3.24. The zero-order chi connectivity index (χ0) is 13.4.